The zero-order chi connectivity index (χ0) is 7.52. The zero-order valence-corrected chi connectivity index (χ0v) is 6.51. The molecule has 0 amide bonds. The molecule has 0 aromatic heterocycles. The summed E-state index contributed by atoms with van der Waals surface area (Å²) in [7, 11) is 0. The van der Waals surface area contributed by atoms with E-state index in [-0.39, 0.29) is 0 Å². The number of allylic oxidation sites excluding steroid dienone is 8. The minimum absolute atomic E-state index is 1.01. The highest BCUT2D eigenvalue weighted by molar-refractivity contribution is 5.32. The Balaban J connectivity index is 1.95. The molecule has 0 heteroatoms. The van der Waals surface area contributed by atoms with Crippen LogP contribution in [0.2, 0.25) is 0 Å². The van der Waals surface area contributed by atoms with Crippen LogP contribution >= 0.6 is 0 Å². The molecular weight excluding hydrogens is 132 g/mol. The standard InChI is InChI=1S/C11H11/c1-2-6-10(5-1)9-11-7-3-4-8-11/h1-3,5,7H,4,6,9H2. The lowest BCUT2D eigenvalue weighted by Gasteiger charge is -1.98. The Morgan fingerprint density at radius 1 is 1.36 bits per heavy atom. The van der Waals surface area contributed by atoms with Crippen LogP contribution in [-0.4, -0.2) is 0 Å². The van der Waals surface area contributed by atoms with Gasteiger partial charge in [-0.3, -0.25) is 0 Å². The van der Waals surface area contributed by atoms with E-state index in [0.717, 1.165) is 19.3 Å². The van der Waals surface area contributed by atoms with E-state index in [2.05, 4.69) is 36.5 Å². The molecule has 0 atom stereocenters. The maximum absolute atomic E-state index is 3.32. The van der Waals surface area contributed by atoms with Crippen molar-refractivity contribution in [3.63, 3.8) is 0 Å². The summed E-state index contributed by atoms with van der Waals surface area (Å²) in [6, 6.07) is 0. The Morgan fingerprint density at radius 3 is 3.00 bits per heavy atom. The van der Waals surface area contributed by atoms with E-state index < -0.39 is 0 Å². The number of rotatable bonds is 2. The molecule has 0 saturated heterocycles. The van der Waals surface area contributed by atoms with Crippen molar-refractivity contribution in [2.75, 3.05) is 0 Å². The van der Waals surface area contributed by atoms with Crippen LogP contribution in [0.1, 0.15) is 19.3 Å². The van der Waals surface area contributed by atoms with E-state index in [1.807, 2.05) is 0 Å². The monoisotopic (exact) mass is 143 g/mol. The average Bonchev–Trinajstić information content (AvgIpc) is 2.60. The summed E-state index contributed by atoms with van der Waals surface area (Å²) in [5, 5.41) is 0. The first kappa shape index (κ1) is 6.66. The van der Waals surface area contributed by atoms with Gasteiger partial charge in [-0.1, -0.05) is 36.0 Å². The Labute approximate surface area is 67.6 Å². The molecule has 0 unspecified atom stereocenters. The van der Waals surface area contributed by atoms with E-state index in [4.69, 9.17) is 0 Å². The molecule has 0 bridgehead atoms. The molecule has 0 aliphatic heterocycles. The van der Waals surface area contributed by atoms with Gasteiger partial charge >= 0.3 is 0 Å². The van der Waals surface area contributed by atoms with E-state index in [1.54, 1.807) is 0 Å². The van der Waals surface area contributed by atoms with Gasteiger partial charge in [-0.25, -0.2) is 0 Å². The lowest BCUT2D eigenvalue weighted by Crippen LogP contribution is -1.80. The normalized spacial score (nSPS) is 20.7. The topological polar surface area (TPSA) is 0 Å². The summed E-state index contributed by atoms with van der Waals surface area (Å²) < 4.78 is 0. The predicted molar refractivity (Wildman–Crippen MR) is 47.0 cm³/mol. The minimum Gasteiger partial charge on any atom is -0.0804 e. The first-order valence-corrected chi connectivity index (χ1v) is 4.06. The Morgan fingerprint density at radius 2 is 2.36 bits per heavy atom. The largest absolute Gasteiger partial charge is 0.0804 e. The maximum Gasteiger partial charge on any atom is -0.00580 e. The fraction of sp³-hybridized carbons (Fsp3) is 0.273. The maximum atomic E-state index is 3.32. The Kier molecular flexibility index (Phi) is 1.76. The van der Waals surface area contributed by atoms with Crippen LogP contribution in [0.3, 0.4) is 0 Å². The summed E-state index contributed by atoms with van der Waals surface area (Å²) in [5.74, 6) is 0. The highest BCUT2D eigenvalue weighted by atomic mass is 14.1. The molecular formula is C11H11. The first-order chi connectivity index (χ1) is 5.45. The molecule has 1 radical (unpaired) electrons. The SMILES string of the molecule is [C]1=C(CC2=CC=CC2)C=CC1. The number of hydrogen-bond donors (Lipinski definition) is 0. The van der Waals surface area contributed by atoms with Crippen molar-refractivity contribution in [1.29, 1.82) is 0 Å². The second kappa shape index (κ2) is 2.91. The lowest BCUT2D eigenvalue weighted by molar-refractivity contribution is 1.09. The fourth-order valence-corrected chi connectivity index (χ4v) is 1.44. The Hall–Kier alpha value is -1.04. The average molecular weight is 143 g/mol. The smallest absolute Gasteiger partial charge is 0.00580 e. The van der Waals surface area contributed by atoms with Crippen LogP contribution in [0.5, 0.6) is 0 Å². The van der Waals surface area contributed by atoms with Gasteiger partial charge < -0.3 is 0 Å². The summed E-state index contributed by atoms with van der Waals surface area (Å²) in [6.45, 7) is 0. The van der Waals surface area contributed by atoms with Crippen molar-refractivity contribution < 1.29 is 0 Å². The van der Waals surface area contributed by atoms with Gasteiger partial charge in [0.15, 0.2) is 0 Å². The van der Waals surface area contributed by atoms with E-state index in [9.17, 15) is 0 Å². The Bertz CT molecular complexity index is 262. The molecule has 2 aliphatic rings. The zero-order valence-electron chi connectivity index (χ0n) is 6.51. The summed E-state index contributed by atoms with van der Waals surface area (Å²) in [6.07, 6.45) is 17.5. The highest BCUT2D eigenvalue weighted by Gasteiger charge is 2.03. The summed E-state index contributed by atoms with van der Waals surface area (Å²) in [4.78, 5) is 0. The van der Waals surface area contributed by atoms with Gasteiger partial charge in [0.2, 0.25) is 0 Å². The van der Waals surface area contributed by atoms with Gasteiger partial charge in [0.1, 0.15) is 0 Å². The molecule has 0 aromatic rings. The van der Waals surface area contributed by atoms with Crippen LogP contribution < -0.4 is 0 Å². The number of hydrogen-bond acceptors (Lipinski definition) is 0. The molecule has 0 saturated carbocycles. The third kappa shape index (κ3) is 1.51. The molecule has 0 heterocycles. The van der Waals surface area contributed by atoms with E-state index in [1.165, 1.54) is 11.1 Å². The van der Waals surface area contributed by atoms with Crippen molar-refractivity contribution in [2.45, 2.75) is 19.3 Å². The molecule has 55 valence electrons. The van der Waals surface area contributed by atoms with Gasteiger partial charge in [0.25, 0.3) is 0 Å². The van der Waals surface area contributed by atoms with Gasteiger partial charge in [-0.2, -0.15) is 0 Å². The second-order valence-corrected chi connectivity index (χ2v) is 2.94. The van der Waals surface area contributed by atoms with Crippen molar-refractivity contribution in [3.05, 3.63) is 47.6 Å². The van der Waals surface area contributed by atoms with E-state index in [0.29, 0.717) is 0 Å². The molecule has 2 aliphatic carbocycles. The molecule has 0 nitrogen and oxygen atoms in total. The van der Waals surface area contributed by atoms with Crippen molar-refractivity contribution >= 4 is 0 Å². The quantitative estimate of drug-likeness (QED) is 0.557. The van der Waals surface area contributed by atoms with Crippen molar-refractivity contribution in [3.8, 4) is 0 Å². The minimum atomic E-state index is 1.01. The van der Waals surface area contributed by atoms with Crippen molar-refractivity contribution in [1.82, 2.24) is 0 Å². The lowest BCUT2D eigenvalue weighted by atomic mass is 10.1. The molecule has 0 spiro atoms. The molecule has 2 rings (SSSR count). The third-order valence-electron chi connectivity index (χ3n) is 2.03. The predicted octanol–water partition coefficient (Wildman–Crippen LogP) is 2.95. The summed E-state index contributed by atoms with van der Waals surface area (Å²) in [5.41, 5.74) is 2.87. The fourth-order valence-electron chi connectivity index (χ4n) is 1.44. The van der Waals surface area contributed by atoms with Gasteiger partial charge in [0.05, 0.1) is 0 Å². The van der Waals surface area contributed by atoms with Crippen LogP contribution in [0.15, 0.2) is 41.5 Å². The third-order valence-corrected chi connectivity index (χ3v) is 2.03. The second-order valence-electron chi connectivity index (χ2n) is 2.94. The van der Waals surface area contributed by atoms with Crippen LogP contribution in [0, 0.1) is 6.08 Å². The van der Waals surface area contributed by atoms with Gasteiger partial charge in [0, 0.05) is 0 Å². The molecule has 11 heavy (non-hydrogen) atoms. The summed E-state index contributed by atoms with van der Waals surface area (Å²) >= 11 is 0. The molecule has 0 fully saturated rings. The molecule has 0 N–H and O–H groups in total. The first-order valence-electron chi connectivity index (χ1n) is 4.06. The van der Waals surface area contributed by atoms with E-state index >= 15 is 0 Å². The van der Waals surface area contributed by atoms with Crippen molar-refractivity contribution in [2.24, 2.45) is 0 Å². The van der Waals surface area contributed by atoms with Gasteiger partial charge in [-0.05, 0) is 30.9 Å². The highest BCUT2D eigenvalue weighted by Crippen LogP contribution is 2.22. The molecule has 0 aromatic carbocycles. The van der Waals surface area contributed by atoms with Crippen LogP contribution in [0.4, 0.5) is 0 Å². The van der Waals surface area contributed by atoms with Crippen LogP contribution in [-0.2, 0) is 0 Å². The van der Waals surface area contributed by atoms with Gasteiger partial charge in [-0.15, -0.1) is 0 Å². The van der Waals surface area contributed by atoms with Crippen LogP contribution in [0.25, 0.3) is 0 Å².